The van der Waals surface area contributed by atoms with Gasteiger partial charge in [-0.1, -0.05) is 0 Å². The maximum atomic E-state index is 5.62. The standard InChI is InChI=1S/C14H13O3.Li/c1-15-11-16-12-7-9-14(10-8-12)17-13-5-3-2-4-6-13;/h2-3,5-10H,11H2,1H3;/q-1;+1. The van der Waals surface area contributed by atoms with Crippen molar-refractivity contribution < 1.29 is 33.1 Å². The molecule has 18 heavy (non-hydrogen) atoms. The van der Waals surface area contributed by atoms with E-state index in [0.717, 1.165) is 17.2 Å². The van der Waals surface area contributed by atoms with Gasteiger partial charge < -0.3 is 14.2 Å². The zero-order valence-corrected chi connectivity index (χ0v) is 10.6. The quantitative estimate of drug-likeness (QED) is 0.423. The van der Waals surface area contributed by atoms with Crippen molar-refractivity contribution in [3.05, 3.63) is 54.6 Å². The zero-order chi connectivity index (χ0) is 11.9. The molecule has 0 aliphatic heterocycles. The minimum absolute atomic E-state index is 0. The van der Waals surface area contributed by atoms with Gasteiger partial charge in [0.25, 0.3) is 0 Å². The van der Waals surface area contributed by atoms with Crippen LogP contribution in [0.15, 0.2) is 48.5 Å². The summed E-state index contributed by atoms with van der Waals surface area (Å²) >= 11 is 0. The third-order valence-corrected chi connectivity index (χ3v) is 2.08. The van der Waals surface area contributed by atoms with Gasteiger partial charge in [0.15, 0.2) is 6.79 Å². The maximum Gasteiger partial charge on any atom is 1.00 e. The largest absolute Gasteiger partial charge is 1.00 e. The summed E-state index contributed by atoms with van der Waals surface area (Å²) < 4.78 is 15.7. The van der Waals surface area contributed by atoms with Crippen LogP contribution in [0.2, 0.25) is 0 Å². The van der Waals surface area contributed by atoms with Crippen LogP contribution < -0.4 is 28.3 Å². The number of rotatable bonds is 5. The summed E-state index contributed by atoms with van der Waals surface area (Å²) in [6.45, 7) is 0.244. The first-order chi connectivity index (χ1) is 8.38. The monoisotopic (exact) mass is 236 g/mol. The van der Waals surface area contributed by atoms with Gasteiger partial charge in [-0.2, -0.15) is 18.2 Å². The number of ether oxygens (including phenoxy) is 3. The Balaban J connectivity index is 0.00000162. The Morgan fingerprint density at radius 1 is 1.00 bits per heavy atom. The van der Waals surface area contributed by atoms with Crippen LogP contribution in [0.4, 0.5) is 0 Å². The summed E-state index contributed by atoms with van der Waals surface area (Å²) in [7, 11) is 1.59. The predicted octanol–water partition coefficient (Wildman–Crippen LogP) is 0.266. The average molecular weight is 236 g/mol. The molecule has 2 aromatic carbocycles. The van der Waals surface area contributed by atoms with Gasteiger partial charge >= 0.3 is 18.9 Å². The molecule has 0 saturated carbocycles. The molecule has 3 nitrogen and oxygen atoms in total. The fraction of sp³-hybridized carbons (Fsp3) is 0.143. The zero-order valence-electron chi connectivity index (χ0n) is 10.6. The molecule has 0 saturated heterocycles. The fourth-order valence-electron chi connectivity index (χ4n) is 1.31. The molecule has 0 fully saturated rings. The summed E-state index contributed by atoms with van der Waals surface area (Å²) in [5, 5.41) is 0. The summed E-state index contributed by atoms with van der Waals surface area (Å²) in [5.74, 6) is 2.27. The first-order valence-electron chi connectivity index (χ1n) is 5.24. The topological polar surface area (TPSA) is 27.7 Å². The minimum atomic E-state index is 0. The Morgan fingerprint density at radius 3 is 2.33 bits per heavy atom. The SMILES string of the molecule is COCOc1ccc(Oc2c[c-]ccc2)cc1.[Li+]. The van der Waals surface area contributed by atoms with E-state index in [1.165, 1.54) is 0 Å². The number of hydrogen-bond donors (Lipinski definition) is 0. The molecule has 2 aromatic rings. The van der Waals surface area contributed by atoms with Gasteiger partial charge in [-0.15, -0.1) is 12.1 Å². The third kappa shape index (κ3) is 4.46. The van der Waals surface area contributed by atoms with Crippen LogP contribution >= 0.6 is 0 Å². The van der Waals surface area contributed by atoms with Crippen molar-refractivity contribution in [2.45, 2.75) is 0 Å². The molecule has 0 amide bonds. The van der Waals surface area contributed by atoms with E-state index in [-0.39, 0.29) is 25.7 Å². The van der Waals surface area contributed by atoms with Crippen molar-refractivity contribution >= 4 is 0 Å². The van der Waals surface area contributed by atoms with E-state index in [2.05, 4.69) is 6.07 Å². The number of hydrogen-bond acceptors (Lipinski definition) is 3. The van der Waals surface area contributed by atoms with Gasteiger partial charge in [0.1, 0.15) is 11.5 Å². The second-order valence-corrected chi connectivity index (χ2v) is 3.36. The first kappa shape index (κ1) is 14.7. The van der Waals surface area contributed by atoms with E-state index >= 15 is 0 Å². The second kappa shape index (κ2) is 7.83. The van der Waals surface area contributed by atoms with Crippen molar-refractivity contribution in [3.63, 3.8) is 0 Å². The van der Waals surface area contributed by atoms with Gasteiger partial charge in [0.2, 0.25) is 0 Å². The smallest absolute Gasteiger partial charge is 0.517 e. The molecule has 0 unspecified atom stereocenters. The van der Waals surface area contributed by atoms with E-state index in [4.69, 9.17) is 14.2 Å². The van der Waals surface area contributed by atoms with E-state index < -0.39 is 0 Å². The molecular weight excluding hydrogens is 223 g/mol. The maximum absolute atomic E-state index is 5.62. The number of benzene rings is 2. The number of methoxy groups -OCH3 is 1. The van der Waals surface area contributed by atoms with Gasteiger partial charge in [0.05, 0.1) is 0 Å². The van der Waals surface area contributed by atoms with Gasteiger partial charge in [-0.3, -0.25) is 0 Å². The molecule has 0 atom stereocenters. The Labute approximate surface area is 119 Å². The Kier molecular flexibility index (Phi) is 6.38. The predicted molar refractivity (Wildman–Crippen MR) is 64.3 cm³/mol. The van der Waals surface area contributed by atoms with Crippen LogP contribution in [0.3, 0.4) is 0 Å². The van der Waals surface area contributed by atoms with Crippen molar-refractivity contribution in [2.24, 2.45) is 0 Å². The van der Waals surface area contributed by atoms with E-state index in [9.17, 15) is 0 Å². The molecule has 4 heteroatoms. The van der Waals surface area contributed by atoms with Crippen molar-refractivity contribution in [3.8, 4) is 17.2 Å². The van der Waals surface area contributed by atoms with Crippen LogP contribution in [0, 0.1) is 6.07 Å². The molecule has 0 aliphatic rings. The molecule has 0 heterocycles. The average Bonchev–Trinajstić information content (AvgIpc) is 2.39. The van der Waals surface area contributed by atoms with Crippen LogP contribution in [-0.4, -0.2) is 13.9 Å². The van der Waals surface area contributed by atoms with Crippen molar-refractivity contribution in [2.75, 3.05) is 13.9 Å². The minimum Gasteiger partial charge on any atom is -0.517 e. The first-order valence-corrected chi connectivity index (χ1v) is 5.24. The molecule has 0 radical (unpaired) electrons. The fourth-order valence-corrected chi connectivity index (χ4v) is 1.31. The van der Waals surface area contributed by atoms with Crippen molar-refractivity contribution in [1.29, 1.82) is 0 Å². The third-order valence-electron chi connectivity index (χ3n) is 2.08. The van der Waals surface area contributed by atoms with Gasteiger partial charge in [0, 0.05) is 12.9 Å². The van der Waals surface area contributed by atoms with Gasteiger partial charge in [-0.25, -0.2) is 0 Å². The molecule has 0 bridgehead atoms. The molecule has 2 rings (SSSR count). The van der Waals surface area contributed by atoms with Crippen molar-refractivity contribution in [1.82, 2.24) is 0 Å². The van der Waals surface area contributed by atoms with E-state index in [1.54, 1.807) is 13.2 Å². The van der Waals surface area contributed by atoms with Crippen LogP contribution in [-0.2, 0) is 4.74 Å². The van der Waals surface area contributed by atoms with Gasteiger partial charge in [-0.05, 0) is 24.3 Å². The Hall–Kier alpha value is -1.40. The van der Waals surface area contributed by atoms with Crippen LogP contribution in [0.5, 0.6) is 17.2 Å². The Bertz CT molecular complexity index is 442. The molecule has 0 aliphatic carbocycles. The van der Waals surface area contributed by atoms with Crippen LogP contribution in [0.25, 0.3) is 0 Å². The second-order valence-electron chi connectivity index (χ2n) is 3.36. The molecule has 0 aromatic heterocycles. The Morgan fingerprint density at radius 2 is 1.72 bits per heavy atom. The van der Waals surface area contributed by atoms with E-state index in [0.29, 0.717) is 0 Å². The normalized spacial score (nSPS) is 9.39. The van der Waals surface area contributed by atoms with Crippen LogP contribution in [0.1, 0.15) is 0 Å². The summed E-state index contributed by atoms with van der Waals surface area (Å²) in [5.41, 5.74) is 0. The molecule has 0 N–H and O–H groups in total. The molecule has 88 valence electrons. The van der Waals surface area contributed by atoms with E-state index in [1.807, 2.05) is 42.5 Å². The summed E-state index contributed by atoms with van der Waals surface area (Å²) in [6.07, 6.45) is 0. The summed E-state index contributed by atoms with van der Waals surface area (Å²) in [6, 6.07) is 17.7. The molecule has 0 spiro atoms. The molecular formula is C14H13LiO3. The summed E-state index contributed by atoms with van der Waals surface area (Å²) in [4.78, 5) is 0.